The van der Waals surface area contributed by atoms with E-state index in [4.69, 9.17) is 0 Å². The first kappa shape index (κ1) is 17.0. The smallest absolute Gasteiger partial charge is 0.233 e. The first-order chi connectivity index (χ1) is 11.9. The molecule has 1 aromatic carbocycles. The average molecular weight is 379 g/mol. The Balaban J connectivity index is 1.46. The largest absolute Gasteiger partial charge is 0.356 e. The summed E-state index contributed by atoms with van der Waals surface area (Å²) in [4.78, 5) is 18.1. The van der Waals surface area contributed by atoms with Crippen LogP contribution in [-0.4, -0.2) is 53.3 Å². The Bertz CT molecular complexity index is 920. The highest BCUT2D eigenvalue weighted by Gasteiger charge is 2.32. The summed E-state index contributed by atoms with van der Waals surface area (Å²) < 4.78 is 23.1. The van der Waals surface area contributed by atoms with Crippen LogP contribution in [0.3, 0.4) is 0 Å². The highest BCUT2D eigenvalue weighted by atomic mass is 32.2. The van der Waals surface area contributed by atoms with Gasteiger partial charge in [-0.3, -0.25) is 4.79 Å². The minimum Gasteiger partial charge on any atom is -0.356 e. The van der Waals surface area contributed by atoms with Gasteiger partial charge in [0.05, 0.1) is 23.3 Å². The molecule has 5 nitrogen and oxygen atoms in total. The molecule has 0 aliphatic carbocycles. The molecule has 0 spiro atoms. The highest BCUT2D eigenvalue weighted by Crippen LogP contribution is 2.35. The van der Waals surface area contributed by atoms with Crippen LogP contribution in [-0.2, 0) is 21.1 Å². The lowest BCUT2D eigenvalue weighted by Gasteiger charge is -2.33. The molecule has 0 radical (unpaired) electrons. The molecular formula is C18H22N2O3S2. The fourth-order valence-electron chi connectivity index (χ4n) is 3.93. The van der Waals surface area contributed by atoms with Gasteiger partial charge in [-0.05, 0) is 31.4 Å². The van der Waals surface area contributed by atoms with E-state index in [1.165, 1.54) is 22.7 Å². The number of fused-ring (bicyclic) bond motifs is 3. The summed E-state index contributed by atoms with van der Waals surface area (Å²) in [7, 11) is -2.88. The number of carbonyl (C=O) groups excluding carboxylic acids is 1. The molecule has 0 bridgehead atoms. The Kier molecular flexibility index (Phi) is 4.32. The van der Waals surface area contributed by atoms with Gasteiger partial charge >= 0.3 is 0 Å². The first-order valence-electron chi connectivity index (χ1n) is 8.65. The maximum atomic E-state index is 12.7. The van der Waals surface area contributed by atoms with Crippen molar-refractivity contribution in [2.24, 2.45) is 0 Å². The van der Waals surface area contributed by atoms with Crippen LogP contribution in [0.25, 0.3) is 10.9 Å². The number of sulfone groups is 1. The van der Waals surface area contributed by atoms with E-state index >= 15 is 0 Å². The molecule has 2 aliphatic rings. The summed E-state index contributed by atoms with van der Waals surface area (Å²) in [6.07, 6.45) is 1.53. The van der Waals surface area contributed by atoms with Crippen molar-refractivity contribution < 1.29 is 13.2 Å². The lowest BCUT2D eigenvalue weighted by molar-refractivity contribution is -0.130. The van der Waals surface area contributed by atoms with E-state index in [1.807, 2.05) is 17.0 Å². The standard InChI is InChI=1S/C18H22N2O3S2/c1-12-18-15(14-4-2-3-5-16(14)19-18)6-8-20(12)17(21)10-24-13-7-9-25(22,23)11-13/h2-5,12-13,19H,6-11H2,1H3/t12-,13-/m0/s1. The van der Waals surface area contributed by atoms with Gasteiger partial charge in [-0.25, -0.2) is 8.42 Å². The Hall–Kier alpha value is -1.47. The van der Waals surface area contributed by atoms with Crippen LogP contribution >= 0.6 is 11.8 Å². The van der Waals surface area contributed by atoms with Crippen molar-refractivity contribution in [1.82, 2.24) is 9.88 Å². The van der Waals surface area contributed by atoms with Gasteiger partial charge in [0, 0.05) is 28.4 Å². The molecule has 1 N–H and O–H groups in total. The number of hydrogen-bond donors (Lipinski definition) is 1. The number of H-pyrrole nitrogens is 1. The Labute approximate surface area is 152 Å². The van der Waals surface area contributed by atoms with Crippen molar-refractivity contribution in [2.75, 3.05) is 23.8 Å². The van der Waals surface area contributed by atoms with Gasteiger partial charge in [0.1, 0.15) is 0 Å². The Morgan fingerprint density at radius 3 is 2.92 bits per heavy atom. The van der Waals surface area contributed by atoms with E-state index < -0.39 is 9.84 Å². The number of hydrogen-bond acceptors (Lipinski definition) is 4. The fourth-order valence-corrected chi connectivity index (χ4v) is 7.46. The van der Waals surface area contributed by atoms with Gasteiger partial charge in [0.2, 0.25) is 5.91 Å². The van der Waals surface area contributed by atoms with Crippen LogP contribution in [0, 0.1) is 0 Å². The SMILES string of the molecule is C[C@H]1c2[nH]c3ccccc3c2CCN1C(=O)CS[C@H]1CCS(=O)(=O)C1. The highest BCUT2D eigenvalue weighted by molar-refractivity contribution is 8.02. The predicted octanol–water partition coefficient (Wildman–Crippen LogP) is 2.53. The average Bonchev–Trinajstić information content (AvgIpc) is 3.13. The molecule has 0 saturated carbocycles. The summed E-state index contributed by atoms with van der Waals surface area (Å²) in [6.45, 7) is 2.79. The summed E-state index contributed by atoms with van der Waals surface area (Å²) in [5, 5.41) is 1.32. The van der Waals surface area contributed by atoms with E-state index in [-0.39, 0.29) is 28.7 Å². The minimum atomic E-state index is -2.88. The number of nitrogens with zero attached hydrogens (tertiary/aromatic N) is 1. The first-order valence-corrected chi connectivity index (χ1v) is 11.5. The molecular weight excluding hydrogens is 356 g/mol. The van der Waals surface area contributed by atoms with Crippen LogP contribution in [0.4, 0.5) is 0 Å². The number of thioether (sulfide) groups is 1. The molecule has 0 unspecified atom stereocenters. The van der Waals surface area contributed by atoms with Crippen molar-refractivity contribution in [3.63, 3.8) is 0 Å². The molecule has 1 fully saturated rings. The van der Waals surface area contributed by atoms with Crippen molar-refractivity contribution in [2.45, 2.75) is 31.1 Å². The van der Waals surface area contributed by atoms with E-state index in [2.05, 4.69) is 24.0 Å². The predicted molar refractivity (Wildman–Crippen MR) is 102 cm³/mol. The normalized spacial score (nSPS) is 25.2. The fraction of sp³-hybridized carbons (Fsp3) is 0.500. The van der Waals surface area contributed by atoms with Crippen molar-refractivity contribution in [3.05, 3.63) is 35.5 Å². The van der Waals surface area contributed by atoms with Crippen LogP contribution in [0.15, 0.2) is 24.3 Å². The summed E-state index contributed by atoms with van der Waals surface area (Å²) in [5.74, 6) is 0.940. The zero-order valence-electron chi connectivity index (χ0n) is 14.2. The van der Waals surface area contributed by atoms with Gasteiger partial charge < -0.3 is 9.88 Å². The number of nitrogens with one attached hydrogen (secondary N) is 1. The lowest BCUT2D eigenvalue weighted by atomic mass is 9.98. The summed E-state index contributed by atoms with van der Waals surface area (Å²) >= 11 is 1.50. The molecule has 2 atom stereocenters. The molecule has 2 aromatic rings. The molecule has 4 rings (SSSR count). The van der Waals surface area contributed by atoms with Crippen LogP contribution in [0.5, 0.6) is 0 Å². The lowest BCUT2D eigenvalue weighted by Crippen LogP contribution is -2.40. The van der Waals surface area contributed by atoms with Gasteiger partial charge in [-0.1, -0.05) is 18.2 Å². The maximum Gasteiger partial charge on any atom is 0.233 e. The van der Waals surface area contributed by atoms with Gasteiger partial charge in [-0.15, -0.1) is 11.8 Å². The van der Waals surface area contributed by atoms with E-state index in [0.29, 0.717) is 12.2 Å². The molecule has 7 heteroatoms. The zero-order chi connectivity index (χ0) is 17.6. The second kappa shape index (κ2) is 6.36. The second-order valence-corrected chi connectivity index (χ2v) is 10.4. The minimum absolute atomic E-state index is 0.0246. The monoisotopic (exact) mass is 378 g/mol. The number of rotatable bonds is 3. The van der Waals surface area contributed by atoms with Crippen molar-refractivity contribution >= 4 is 38.4 Å². The zero-order valence-corrected chi connectivity index (χ0v) is 15.8. The topological polar surface area (TPSA) is 70.2 Å². The molecule has 25 heavy (non-hydrogen) atoms. The third kappa shape index (κ3) is 3.19. The Morgan fingerprint density at radius 1 is 1.36 bits per heavy atom. The quantitative estimate of drug-likeness (QED) is 0.891. The summed E-state index contributed by atoms with van der Waals surface area (Å²) in [6, 6.07) is 8.29. The number of amides is 1. The van der Waals surface area contributed by atoms with Gasteiger partial charge in [-0.2, -0.15) is 0 Å². The third-order valence-corrected chi connectivity index (χ3v) is 8.55. The van der Waals surface area contributed by atoms with Crippen LogP contribution < -0.4 is 0 Å². The molecule has 2 aliphatic heterocycles. The second-order valence-electron chi connectivity index (χ2n) is 6.91. The number of benzene rings is 1. The summed E-state index contributed by atoms with van der Waals surface area (Å²) in [5.41, 5.74) is 3.58. The van der Waals surface area contributed by atoms with E-state index in [0.717, 1.165) is 24.2 Å². The molecule has 1 saturated heterocycles. The van der Waals surface area contributed by atoms with E-state index in [9.17, 15) is 13.2 Å². The third-order valence-electron chi connectivity index (χ3n) is 5.29. The maximum absolute atomic E-state index is 12.7. The van der Waals surface area contributed by atoms with Gasteiger partial charge in [0.15, 0.2) is 9.84 Å². The van der Waals surface area contributed by atoms with Crippen molar-refractivity contribution in [1.29, 1.82) is 0 Å². The van der Waals surface area contributed by atoms with E-state index in [1.54, 1.807) is 0 Å². The van der Waals surface area contributed by atoms with Crippen LogP contribution in [0.1, 0.15) is 30.6 Å². The number of aromatic nitrogens is 1. The number of aromatic amines is 1. The molecule has 1 aromatic heterocycles. The Morgan fingerprint density at radius 2 is 2.16 bits per heavy atom. The molecule has 1 amide bonds. The molecule has 3 heterocycles. The number of carbonyl (C=O) groups is 1. The molecule has 134 valence electrons. The number of para-hydroxylation sites is 1. The van der Waals surface area contributed by atoms with Crippen molar-refractivity contribution in [3.8, 4) is 0 Å². The van der Waals surface area contributed by atoms with Gasteiger partial charge in [0.25, 0.3) is 0 Å². The van der Waals surface area contributed by atoms with Crippen LogP contribution in [0.2, 0.25) is 0 Å².